The number of piperazine rings is 1. The number of halogens is 3. The average molecular weight is 947 g/mol. The van der Waals surface area contributed by atoms with Crippen LogP contribution in [-0.4, -0.2) is 127 Å². The molecular weight excluding hydrogens is 902 g/mol. The number of imidazole rings is 1. The Morgan fingerprint density at radius 3 is 2.51 bits per heavy atom. The summed E-state index contributed by atoms with van der Waals surface area (Å²) in [7, 11) is 0. The van der Waals surface area contributed by atoms with Gasteiger partial charge in [-0.15, -0.1) is 11.3 Å². The molecule has 6 aromatic rings. The number of carbonyl (C=O) groups is 5. The molecule has 350 valence electrons. The van der Waals surface area contributed by atoms with E-state index in [1.165, 1.54) is 32.1 Å². The van der Waals surface area contributed by atoms with Crippen molar-refractivity contribution in [3.05, 3.63) is 106 Å². The van der Waals surface area contributed by atoms with E-state index >= 15 is 13.2 Å². The zero-order valence-electron chi connectivity index (χ0n) is 36.6. The van der Waals surface area contributed by atoms with Crippen LogP contribution in [0.3, 0.4) is 0 Å². The minimum absolute atomic E-state index is 0.0944. The molecule has 0 spiro atoms. The number of amides is 6. The third-order valence-electron chi connectivity index (χ3n) is 13.8. The summed E-state index contributed by atoms with van der Waals surface area (Å²) in [5, 5.41) is 14.9. The number of aryl methyl sites for hydroxylation is 1. The Morgan fingerprint density at radius 1 is 0.926 bits per heavy atom. The van der Waals surface area contributed by atoms with E-state index in [1.54, 1.807) is 47.1 Å². The minimum Gasteiger partial charge on any atom is -0.368 e. The van der Waals surface area contributed by atoms with Crippen LogP contribution in [0.15, 0.2) is 72.5 Å². The number of nitrogens with zero attached hydrogens (tertiary/aromatic N) is 9. The predicted octanol–water partition coefficient (Wildman–Crippen LogP) is 5.52. The number of H-pyrrole nitrogens is 1. The number of anilines is 3. The van der Waals surface area contributed by atoms with Gasteiger partial charge in [0, 0.05) is 85.2 Å². The highest BCUT2D eigenvalue weighted by atomic mass is 32.1. The van der Waals surface area contributed by atoms with Gasteiger partial charge in [-0.25, -0.2) is 27.9 Å². The van der Waals surface area contributed by atoms with Crippen molar-refractivity contribution in [3.8, 4) is 11.1 Å². The van der Waals surface area contributed by atoms with E-state index in [9.17, 15) is 24.0 Å². The van der Waals surface area contributed by atoms with Crippen LogP contribution in [0.1, 0.15) is 64.1 Å². The van der Waals surface area contributed by atoms with E-state index in [4.69, 9.17) is 0 Å². The van der Waals surface area contributed by atoms with Gasteiger partial charge in [0.15, 0.2) is 17.0 Å². The number of thiazole rings is 1. The minimum atomic E-state index is -3.11. The molecule has 2 unspecified atom stereocenters. The number of imide groups is 1. The number of nitrogens with one attached hydrogen (secondary N) is 3. The Bertz CT molecular complexity index is 2990. The first-order chi connectivity index (χ1) is 32.9. The third kappa shape index (κ3) is 7.91. The second kappa shape index (κ2) is 17.2. The van der Waals surface area contributed by atoms with Crippen LogP contribution < -0.4 is 20.4 Å². The number of hydrogen-bond acceptors (Lipinski definition) is 11. The molecule has 0 bridgehead atoms. The molecule has 8 heterocycles. The molecule has 68 heavy (non-hydrogen) atoms. The van der Waals surface area contributed by atoms with Crippen LogP contribution in [0.2, 0.25) is 0 Å². The molecule has 0 aliphatic carbocycles. The van der Waals surface area contributed by atoms with Crippen LogP contribution in [0.4, 0.5) is 34.6 Å². The van der Waals surface area contributed by atoms with Crippen molar-refractivity contribution < 1.29 is 37.1 Å². The van der Waals surface area contributed by atoms with Crippen molar-refractivity contribution in [2.24, 2.45) is 0 Å². The fraction of sp³-hybridized carbons (Fsp3) is 0.362. The van der Waals surface area contributed by atoms with E-state index < -0.39 is 48.1 Å². The zero-order chi connectivity index (χ0) is 46.8. The van der Waals surface area contributed by atoms with Crippen molar-refractivity contribution in [2.75, 3.05) is 67.5 Å². The highest BCUT2D eigenvalue weighted by Crippen LogP contribution is 2.42. The smallest absolute Gasteiger partial charge is 0.329 e. The summed E-state index contributed by atoms with van der Waals surface area (Å²) in [4.78, 5) is 82.3. The maximum absolute atomic E-state index is 16.0. The van der Waals surface area contributed by atoms with Gasteiger partial charge in [0.1, 0.15) is 5.82 Å². The number of rotatable bonds is 10. The lowest BCUT2D eigenvalue weighted by atomic mass is 9.85. The quantitative estimate of drug-likeness (QED) is 0.158. The van der Waals surface area contributed by atoms with Crippen molar-refractivity contribution in [3.63, 3.8) is 0 Å². The summed E-state index contributed by atoms with van der Waals surface area (Å²) < 4.78 is 49.6. The summed E-state index contributed by atoms with van der Waals surface area (Å²) in [6, 6.07) is 13.9. The molecular formula is C47H45F3N12O5S. The molecule has 3 saturated heterocycles. The number of aromatic nitrogens is 5. The summed E-state index contributed by atoms with van der Waals surface area (Å²) in [5.41, 5.74) is 4.80. The lowest BCUT2D eigenvalue weighted by molar-refractivity contribution is -0.136. The lowest BCUT2D eigenvalue weighted by Gasteiger charge is -2.40. The van der Waals surface area contributed by atoms with Crippen LogP contribution in [0, 0.1) is 5.82 Å². The van der Waals surface area contributed by atoms with E-state index in [0.29, 0.717) is 83.4 Å². The predicted molar refractivity (Wildman–Crippen MR) is 245 cm³/mol. The fourth-order valence-electron chi connectivity index (χ4n) is 10.3. The molecule has 21 heteroatoms. The highest BCUT2D eigenvalue weighted by molar-refractivity contribution is 7.13. The topological polar surface area (TPSA) is 185 Å². The number of aromatic amines is 1. The SMILES string of the molecule is O=C1CCN(c2n[nH]c3cc(C4CCN(CC(=O)N5CCN(c6ccc(-c7cc(F)c8c(c7)C(=O)N(C(C(=O)Nc7nccs7)c7ncn9c7CCC9)C8)cc6)CC5)CC4(F)F)ccc23)C(=O)N1. The van der Waals surface area contributed by atoms with E-state index in [2.05, 4.69) is 35.7 Å². The van der Waals surface area contributed by atoms with Crippen LogP contribution in [0.25, 0.3) is 22.0 Å². The first-order valence-corrected chi connectivity index (χ1v) is 23.5. The number of alkyl halides is 2. The van der Waals surface area contributed by atoms with Gasteiger partial charge in [0.25, 0.3) is 17.7 Å². The molecule has 3 aromatic carbocycles. The van der Waals surface area contributed by atoms with E-state index in [0.717, 1.165) is 24.3 Å². The Hall–Kier alpha value is -7.13. The zero-order valence-corrected chi connectivity index (χ0v) is 37.4. The van der Waals surface area contributed by atoms with Gasteiger partial charge >= 0.3 is 6.03 Å². The second-order valence-corrected chi connectivity index (χ2v) is 18.7. The maximum Gasteiger partial charge on any atom is 0.329 e. The van der Waals surface area contributed by atoms with E-state index in [1.807, 2.05) is 28.8 Å². The standard InChI is InChI=1S/C47H45F3N12O5S/c48-35-21-29(20-32-33(35)23-62(44(32)66)41(43(65)54-45-51-11-19-68-45)40-37-2-1-12-60(37)26-52-40)27-3-6-30(7-4-27)58-15-17-59(18-16-58)39(64)24-57-13-9-34(47(49,50)25-57)28-5-8-31-36(22-28)55-56-42(31)61-14-10-38(63)53-46(61)67/h3-8,11,19-22,26,34,41H,1-2,9-10,12-18,23-25H2,(H,55,56)(H,51,54,65)(H,53,63,67). The first kappa shape index (κ1) is 43.4. The van der Waals surface area contributed by atoms with E-state index in [-0.39, 0.29) is 55.4 Å². The number of likely N-dealkylation sites (tertiary alicyclic amines) is 1. The largest absolute Gasteiger partial charge is 0.368 e. The molecule has 5 aliphatic rings. The van der Waals surface area contributed by atoms with Crippen molar-refractivity contribution in [1.29, 1.82) is 0 Å². The normalized spacial score (nSPS) is 19.9. The molecule has 2 atom stereocenters. The van der Waals surface area contributed by atoms with Gasteiger partial charge in [0.05, 0.1) is 43.1 Å². The molecule has 11 rings (SSSR count). The van der Waals surface area contributed by atoms with Crippen LogP contribution >= 0.6 is 11.3 Å². The van der Waals surface area contributed by atoms with Crippen LogP contribution in [-0.2, 0) is 33.9 Å². The Kier molecular flexibility index (Phi) is 11.0. The molecule has 17 nitrogen and oxygen atoms in total. The molecule has 3 N–H and O–H groups in total. The van der Waals surface area contributed by atoms with Crippen molar-refractivity contribution in [2.45, 2.75) is 56.7 Å². The highest BCUT2D eigenvalue weighted by Gasteiger charge is 2.46. The summed E-state index contributed by atoms with van der Waals surface area (Å²) in [6.45, 7) is 2.33. The monoisotopic (exact) mass is 946 g/mol. The molecule has 0 radical (unpaired) electrons. The Labute approximate surface area is 390 Å². The van der Waals surface area contributed by atoms with Crippen molar-refractivity contribution in [1.82, 2.24) is 44.7 Å². The third-order valence-corrected chi connectivity index (χ3v) is 14.5. The fourth-order valence-corrected chi connectivity index (χ4v) is 10.8. The summed E-state index contributed by atoms with van der Waals surface area (Å²) >= 11 is 1.26. The van der Waals surface area contributed by atoms with Gasteiger partial charge in [0.2, 0.25) is 11.8 Å². The van der Waals surface area contributed by atoms with Gasteiger partial charge < -0.3 is 19.3 Å². The Morgan fingerprint density at radius 2 is 1.75 bits per heavy atom. The molecule has 3 fully saturated rings. The Balaban J connectivity index is 0.702. The van der Waals surface area contributed by atoms with Gasteiger partial charge in [-0.2, -0.15) is 5.10 Å². The number of carbonyl (C=O) groups excluding carboxylic acids is 5. The lowest BCUT2D eigenvalue weighted by Crippen LogP contribution is -2.54. The maximum atomic E-state index is 16.0. The first-order valence-electron chi connectivity index (χ1n) is 22.6. The second-order valence-electron chi connectivity index (χ2n) is 17.9. The summed E-state index contributed by atoms with van der Waals surface area (Å²) in [6.07, 6.45) is 5.14. The molecule has 5 aliphatic heterocycles. The summed E-state index contributed by atoms with van der Waals surface area (Å²) in [5.74, 6) is -5.93. The number of benzene rings is 3. The molecule has 3 aromatic heterocycles. The van der Waals surface area contributed by atoms with Crippen molar-refractivity contribution >= 4 is 68.5 Å². The average Bonchev–Trinajstić information content (AvgIpc) is 4.19. The number of urea groups is 1. The van der Waals surface area contributed by atoms with Gasteiger partial charge in [-0.05, 0) is 78.9 Å². The number of fused-ring (bicyclic) bond motifs is 3. The molecule has 6 amide bonds. The van der Waals surface area contributed by atoms with Gasteiger partial charge in [-0.1, -0.05) is 18.2 Å². The number of hydrogen-bond donors (Lipinski definition) is 3. The van der Waals surface area contributed by atoms with Crippen LogP contribution in [0.5, 0.6) is 0 Å². The number of piperidine rings is 1. The molecule has 0 saturated carbocycles. The van der Waals surface area contributed by atoms with Gasteiger partial charge in [-0.3, -0.25) is 44.7 Å².